The normalized spacial score (nSPS) is 18.4. The minimum absolute atomic E-state index is 0.0591. The van der Waals surface area contributed by atoms with Crippen LogP contribution in [0.2, 0.25) is 0 Å². The summed E-state index contributed by atoms with van der Waals surface area (Å²) in [5.74, 6) is 1.89. The Labute approximate surface area is 127 Å². The van der Waals surface area contributed by atoms with Crippen molar-refractivity contribution in [2.45, 2.75) is 46.6 Å². The van der Waals surface area contributed by atoms with Crippen LogP contribution in [0.1, 0.15) is 45.6 Å². The van der Waals surface area contributed by atoms with Gasteiger partial charge in [0.05, 0.1) is 7.11 Å². The smallest absolute Gasteiger partial charge is 0.162 e. The second kappa shape index (κ2) is 6.33. The van der Waals surface area contributed by atoms with Gasteiger partial charge in [-0.25, -0.2) is 0 Å². The molecule has 114 valence electrons. The van der Waals surface area contributed by atoms with Gasteiger partial charge in [0, 0.05) is 18.4 Å². The minimum Gasteiger partial charge on any atom is -0.497 e. The summed E-state index contributed by atoms with van der Waals surface area (Å²) >= 11 is 0. The van der Waals surface area contributed by atoms with Crippen molar-refractivity contribution < 1.29 is 14.3 Å². The predicted molar refractivity (Wildman–Crippen MR) is 83.1 cm³/mol. The Morgan fingerprint density at radius 1 is 1.19 bits per heavy atom. The van der Waals surface area contributed by atoms with E-state index in [-0.39, 0.29) is 11.2 Å². The maximum Gasteiger partial charge on any atom is 0.162 e. The summed E-state index contributed by atoms with van der Waals surface area (Å²) in [6, 6.07) is 7.80. The van der Waals surface area contributed by atoms with Gasteiger partial charge in [0.25, 0.3) is 0 Å². The summed E-state index contributed by atoms with van der Waals surface area (Å²) in [5, 5.41) is 0. The standard InChI is InChI=1S/C18H24O3/c1-13-16(19)11-18(2,3)10-9-17(13)21-12-14-5-7-15(20-4)8-6-14/h5-8H,9-12H2,1-4H3. The number of carbonyl (C=O) groups excluding carboxylic acids is 1. The molecule has 0 heterocycles. The molecule has 0 fully saturated rings. The van der Waals surface area contributed by atoms with Gasteiger partial charge in [0.2, 0.25) is 0 Å². The SMILES string of the molecule is COc1ccc(COC2=C(C)C(=O)CC(C)(C)CC2)cc1. The van der Waals surface area contributed by atoms with E-state index in [9.17, 15) is 4.79 Å². The molecule has 0 aliphatic heterocycles. The van der Waals surface area contributed by atoms with Crippen LogP contribution in [0.3, 0.4) is 0 Å². The molecule has 21 heavy (non-hydrogen) atoms. The van der Waals surface area contributed by atoms with Crippen LogP contribution in [0.25, 0.3) is 0 Å². The molecule has 0 amide bonds. The summed E-state index contributed by atoms with van der Waals surface area (Å²) in [6.07, 6.45) is 2.42. The topological polar surface area (TPSA) is 35.5 Å². The molecule has 3 nitrogen and oxygen atoms in total. The zero-order valence-electron chi connectivity index (χ0n) is 13.4. The highest BCUT2D eigenvalue weighted by atomic mass is 16.5. The molecule has 0 aromatic heterocycles. The fourth-order valence-corrected chi connectivity index (χ4v) is 2.52. The number of hydrogen-bond acceptors (Lipinski definition) is 3. The third kappa shape index (κ3) is 4.10. The number of Topliss-reactive ketones (excluding diaryl/α,β-unsaturated/α-hetero) is 1. The van der Waals surface area contributed by atoms with Gasteiger partial charge in [-0.1, -0.05) is 26.0 Å². The van der Waals surface area contributed by atoms with Crippen molar-refractivity contribution in [3.05, 3.63) is 41.2 Å². The third-order valence-corrected chi connectivity index (χ3v) is 4.08. The van der Waals surface area contributed by atoms with Crippen LogP contribution in [0.5, 0.6) is 5.75 Å². The van der Waals surface area contributed by atoms with Crippen LogP contribution in [-0.4, -0.2) is 12.9 Å². The summed E-state index contributed by atoms with van der Waals surface area (Å²) in [6.45, 7) is 6.66. The molecule has 0 bridgehead atoms. The lowest BCUT2D eigenvalue weighted by Gasteiger charge is -2.20. The van der Waals surface area contributed by atoms with Crippen LogP contribution < -0.4 is 4.74 Å². The van der Waals surface area contributed by atoms with Gasteiger partial charge in [0.1, 0.15) is 18.1 Å². The zero-order valence-corrected chi connectivity index (χ0v) is 13.4. The van der Waals surface area contributed by atoms with Gasteiger partial charge in [-0.15, -0.1) is 0 Å². The number of ketones is 1. The largest absolute Gasteiger partial charge is 0.497 e. The number of hydrogen-bond donors (Lipinski definition) is 0. The number of rotatable bonds is 4. The van der Waals surface area contributed by atoms with E-state index >= 15 is 0 Å². The monoisotopic (exact) mass is 288 g/mol. The third-order valence-electron chi connectivity index (χ3n) is 4.08. The fourth-order valence-electron chi connectivity index (χ4n) is 2.52. The number of benzene rings is 1. The summed E-state index contributed by atoms with van der Waals surface area (Å²) < 4.78 is 11.1. The molecule has 1 aromatic rings. The number of ether oxygens (including phenoxy) is 2. The van der Waals surface area contributed by atoms with Crippen molar-refractivity contribution in [2.75, 3.05) is 7.11 Å². The Morgan fingerprint density at radius 2 is 1.86 bits per heavy atom. The molecule has 3 heteroatoms. The molecule has 1 aromatic carbocycles. The maximum atomic E-state index is 12.2. The van der Waals surface area contributed by atoms with Crippen molar-refractivity contribution in [1.82, 2.24) is 0 Å². The van der Waals surface area contributed by atoms with E-state index in [1.165, 1.54) is 0 Å². The van der Waals surface area contributed by atoms with Crippen molar-refractivity contribution in [1.29, 1.82) is 0 Å². The van der Waals surface area contributed by atoms with E-state index in [0.717, 1.165) is 35.5 Å². The number of allylic oxidation sites excluding steroid dienone is 2. The lowest BCUT2D eigenvalue weighted by atomic mass is 9.84. The Balaban J connectivity index is 2.03. The average molecular weight is 288 g/mol. The van der Waals surface area contributed by atoms with E-state index in [0.29, 0.717) is 13.0 Å². The fraction of sp³-hybridized carbons (Fsp3) is 0.500. The lowest BCUT2D eigenvalue weighted by Crippen LogP contribution is -2.14. The Hall–Kier alpha value is -1.77. The number of carbonyl (C=O) groups is 1. The highest BCUT2D eigenvalue weighted by molar-refractivity contribution is 5.95. The van der Waals surface area contributed by atoms with Crippen LogP contribution in [-0.2, 0) is 16.1 Å². The molecule has 0 N–H and O–H groups in total. The average Bonchev–Trinajstić information content (AvgIpc) is 2.55. The van der Waals surface area contributed by atoms with Gasteiger partial charge in [-0.2, -0.15) is 0 Å². The van der Waals surface area contributed by atoms with Crippen LogP contribution in [0, 0.1) is 5.41 Å². The maximum absolute atomic E-state index is 12.2. The highest BCUT2D eigenvalue weighted by Gasteiger charge is 2.28. The first kappa shape index (κ1) is 15.6. The first-order valence-corrected chi connectivity index (χ1v) is 7.40. The van der Waals surface area contributed by atoms with E-state index in [1.54, 1.807) is 7.11 Å². The van der Waals surface area contributed by atoms with Gasteiger partial charge in [-0.3, -0.25) is 4.79 Å². The zero-order chi connectivity index (χ0) is 15.5. The summed E-state index contributed by atoms with van der Waals surface area (Å²) in [7, 11) is 1.65. The minimum atomic E-state index is 0.0591. The molecule has 2 rings (SSSR count). The van der Waals surface area contributed by atoms with E-state index in [1.807, 2.05) is 31.2 Å². The summed E-state index contributed by atoms with van der Waals surface area (Å²) in [5.41, 5.74) is 1.92. The molecular formula is C18H24O3. The highest BCUT2D eigenvalue weighted by Crippen LogP contribution is 2.35. The molecule has 0 saturated carbocycles. The van der Waals surface area contributed by atoms with E-state index in [2.05, 4.69) is 13.8 Å². The van der Waals surface area contributed by atoms with Crippen LogP contribution in [0.15, 0.2) is 35.6 Å². The number of methoxy groups -OCH3 is 1. The Morgan fingerprint density at radius 3 is 2.48 bits per heavy atom. The van der Waals surface area contributed by atoms with Gasteiger partial charge >= 0.3 is 0 Å². The van der Waals surface area contributed by atoms with Gasteiger partial charge < -0.3 is 9.47 Å². The molecule has 0 atom stereocenters. The van der Waals surface area contributed by atoms with Crippen molar-refractivity contribution in [3.63, 3.8) is 0 Å². The predicted octanol–water partition coefficient (Wildman–Crippen LogP) is 4.27. The quantitative estimate of drug-likeness (QED) is 0.830. The molecule has 0 unspecified atom stereocenters. The van der Waals surface area contributed by atoms with Gasteiger partial charge in [0.15, 0.2) is 5.78 Å². The second-order valence-corrected chi connectivity index (χ2v) is 6.45. The second-order valence-electron chi connectivity index (χ2n) is 6.45. The van der Waals surface area contributed by atoms with E-state index in [4.69, 9.17) is 9.47 Å². The van der Waals surface area contributed by atoms with Crippen LogP contribution in [0.4, 0.5) is 0 Å². The molecule has 1 aliphatic rings. The molecular weight excluding hydrogens is 264 g/mol. The molecule has 0 radical (unpaired) electrons. The van der Waals surface area contributed by atoms with Crippen molar-refractivity contribution in [3.8, 4) is 5.75 Å². The van der Waals surface area contributed by atoms with Crippen LogP contribution >= 0.6 is 0 Å². The Bertz CT molecular complexity index is 538. The molecule has 1 aliphatic carbocycles. The Kier molecular flexibility index (Phi) is 4.71. The lowest BCUT2D eigenvalue weighted by molar-refractivity contribution is -0.117. The van der Waals surface area contributed by atoms with Gasteiger partial charge in [-0.05, 0) is 36.5 Å². The summed E-state index contributed by atoms with van der Waals surface area (Å²) in [4.78, 5) is 12.2. The first-order valence-electron chi connectivity index (χ1n) is 7.40. The molecule has 0 spiro atoms. The first-order chi connectivity index (χ1) is 9.91. The van der Waals surface area contributed by atoms with Crippen molar-refractivity contribution in [2.24, 2.45) is 5.41 Å². The van der Waals surface area contributed by atoms with E-state index < -0.39 is 0 Å². The van der Waals surface area contributed by atoms with Crippen molar-refractivity contribution >= 4 is 5.78 Å². The molecule has 0 saturated heterocycles.